The van der Waals surface area contributed by atoms with Crippen LogP contribution in [-0.4, -0.2) is 43.5 Å². The molecule has 1 fully saturated rings. The van der Waals surface area contributed by atoms with Gasteiger partial charge in [0.25, 0.3) is 0 Å². The van der Waals surface area contributed by atoms with E-state index < -0.39 is 30.8 Å². The van der Waals surface area contributed by atoms with Crippen molar-refractivity contribution in [3.05, 3.63) is 0 Å². The molecule has 3 unspecified atom stereocenters. The van der Waals surface area contributed by atoms with Crippen LogP contribution in [0.2, 0.25) is 0 Å². The number of hydrogen-bond acceptors (Lipinski definition) is 4. The van der Waals surface area contributed by atoms with Crippen molar-refractivity contribution >= 4 is 5.97 Å². The lowest BCUT2D eigenvalue weighted by atomic mass is 10.1. The molecule has 0 aromatic carbocycles. The lowest BCUT2D eigenvalue weighted by Crippen LogP contribution is -2.50. The summed E-state index contributed by atoms with van der Waals surface area (Å²) in [6.45, 7) is 2.33. The minimum Gasteiger partial charge on any atom is -0.465 e. The second kappa shape index (κ2) is 6.38. The van der Waals surface area contributed by atoms with Gasteiger partial charge in [-0.05, 0) is 26.7 Å². The first kappa shape index (κ1) is 15.2. The van der Waals surface area contributed by atoms with Crippen molar-refractivity contribution in [1.29, 1.82) is 0 Å². The minimum absolute atomic E-state index is 0.0420. The van der Waals surface area contributed by atoms with Crippen LogP contribution in [0.25, 0.3) is 0 Å². The van der Waals surface area contributed by atoms with E-state index in [0.717, 1.165) is 6.42 Å². The predicted octanol–water partition coefficient (Wildman–Crippen LogP) is 1.64. The quantitative estimate of drug-likeness (QED) is 0.771. The van der Waals surface area contributed by atoms with Crippen molar-refractivity contribution < 1.29 is 27.4 Å². The number of carbonyl (C=O) groups is 1. The Morgan fingerprint density at radius 1 is 1.50 bits per heavy atom. The summed E-state index contributed by atoms with van der Waals surface area (Å²) < 4.78 is 46.7. The zero-order valence-electron chi connectivity index (χ0n) is 10.4. The van der Waals surface area contributed by atoms with E-state index in [2.05, 4.69) is 5.32 Å². The summed E-state index contributed by atoms with van der Waals surface area (Å²) in [5, 5.41) is 2.18. The van der Waals surface area contributed by atoms with E-state index >= 15 is 0 Å². The Morgan fingerprint density at radius 3 is 2.61 bits per heavy atom. The normalized spacial score (nSPS) is 26.1. The molecule has 0 aromatic heterocycles. The van der Waals surface area contributed by atoms with Crippen molar-refractivity contribution in [2.75, 3.05) is 13.2 Å². The minimum atomic E-state index is -4.37. The maximum atomic E-state index is 12.2. The van der Waals surface area contributed by atoms with Gasteiger partial charge in [0.05, 0.1) is 25.4 Å². The summed E-state index contributed by atoms with van der Waals surface area (Å²) in [5.74, 6) is -0.694. The van der Waals surface area contributed by atoms with E-state index in [9.17, 15) is 18.0 Å². The van der Waals surface area contributed by atoms with Gasteiger partial charge in [-0.1, -0.05) is 0 Å². The van der Waals surface area contributed by atoms with E-state index in [4.69, 9.17) is 9.47 Å². The van der Waals surface area contributed by atoms with Crippen molar-refractivity contribution in [2.45, 2.75) is 51.1 Å². The summed E-state index contributed by atoms with van der Waals surface area (Å²) in [5.41, 5.74) is 0. The highest BCUT2D eigenvalue weighted by molar-refractivity contribution is 5.76. The second-order valence-corrected chi connectivity index (χ2v) is 4.29. The molecule has 18 heavy (non-hydrogen) atoms. The molecule has 1 aliphatic heterocycles. The van der Waals surface area contributed by atoms with Crippen LogP contribution in [0.4, 0.5) is 13.2 Å². The Labute approximate surface area is 104 Å². The topological polar surface area (TPSA) is 47.6 Å². The Kier molecular flexibility index (Phi) is 5.40. The van der Waals surface area contributed by atoms with Gasteiger partial charge in [0.2, 0.25) is 0 Å². The maximum Gasteiger partial charge on any atom is 0.401 e. The first-order chi connectivity index (χ1) is 8.33. The number of carbonyl (C=O) groups excluding carboxylic acids is 1. The Balaban J connectivity index is 2.60. The summed E-state index contributed by atoms with van der Waals surface area (Å²) >= 11 is 0. The van der Waals surface area contributed by atoms with Crippen LogP contribution in [0.15, 0.2) is 0 Å². The van der Waals surface area contributed by atoms with Gasteiger partial charge >= 0.3 is 12.1 Å². The number of halogens is 3. The predicted molar refractivity (Wildman–Crippen MR) is 58.0 cm³/mol. The highest BCUT2D eigenvalue weighted by Crippen LogP contribution is 2.23. The van der Waals surface area contributed by atoms with Gasteiger partial charge < -0.3 is 9.47 Å². The first-order valence-electron chi connectivity index (χ1n) is 5.95. The molecule has 0 bridgehead atoms. The lowest BCUT2D eigenvalue weighted by molar-refractivity contribution is -0.153. The monoisotopic (exact) mass is 269 g/mol. The highest BCUT2D eigenvalue weighted by atomic mass is 19.4. The molecule has 0 amide bonds. The fraction of sp³-hybridized carbons (Fsp3) is 0.909. The molecule has 1 N–H and O–H groups in total. The lowest BCUT2D eigenvalue weighted by Gasteiger charge is -2.23. The fourth-order valence-corrected chi connectivity index (χ4v) is 1.90. The second-order valence-electron chi connectivity index (χ2n) is 4.29. The van der Waals surface area contributed by atoms with Crippen molar-refractivity contribution in [2.24, 2.45) is 0 Å². The zero-order valence-corrected chi connectivity index (χ0v) is 10.4. The molecule has 3 atom stereocenters. The number of rotatable bonds is 5. The van der Waals surface area contributed by atoms with Crippen molar-refractivity contribution in [3.8, 4) is 0 Å². The number of hydrogen-bond donors (Lipinski definition) is 1. The van der Waals surface area contributed by atoms with Crippen LogP contribution >= 0.6 is 0 Å². The molecule has 1 aliphatic rings. The van der Waals surface area contributed by atoms with Crippen LogP contribution < -0.4 is 5.32 Å². The van der Waals surface area contributed by atoms with Crippen molar-refractivity contribution in [3.63, 3.8) is 0 Å². The largest absolute Gasteiger partial charge is 0.465 e. The Bertz CT molecular complexity index is 283. The highest BCUT2D eigenvalue weighted by Gasteiger charge is 2.38. The van der Waals surface area contributed by atoms with Crippen LogP contribution in [-0.2, 0) is 14.3 Å². The standard InChI is InChI=1S/C11H18F3NO3/c1-3-17-10(16)9(15-6-11(12,13)14)8-5-4-7(2)18-8/h7-9,15H,3-6H2,1-2H3. The zero-order chi connectivity index (χ0) is 13.8. The van der Waals surface area contributed by atoms with Gasteiger partial charge in [-0.3, -0.25) is 10.1 Å². The molecular formula is C11H18F3NO3. The van der Waals surface area contributed by atoms with E-state index in [1.807, 2.05) is 6.92 Å². The third-order valence-electron chi connectivity index (χ3n) is 2.70. The third kappa shape index (κ3) is 4.81. The number of nitrogens with one attached hydrogen (secondary N) is 1. The molecule has 0 aromatic rings. The molecule has 1 heterocycles. The average molecular weight is 269 g/mol. The van der Waals surface area contributed by atoms with E-state index in [0.29, 0.717) is 6.42 Å². The Morgan fingerprint density at radius 2 is 2.17 bits per heavy atom. The van der Waals surface area contributed by atoms with E-state index in [-0.39, 0.29) is 12.7 Å². The van der Waals surface area contributed by atoms with Gasteiger partial charge in [-0.2, -0.15) is 13.2 Å². The van der Waals surface area contributed by atoms with Crippen LogP contribution in [0.5, 0.6) is 0 Å². The molecule has 0 radical (unpaired) electrons. The Hall–Kier alpha value is -0.820. The molecule has 7 heteroatoms. The smallest absolute Gasteiger partial charge is 0.401 e. The fourth-order valence-electron chi connectivity index (χ4n) is 1.90. The molecule has 0 aliphatic carbocycles. The van der Waals surface area contributed by atoms with Gasteiger partial charge in [0, 0.05) is 0 Å². The van der Waals surface area contributed by atoms with Gasteiger partial charge in [0.1, 0.15) is 6.04 Å². The van der Waals surface area contributed by atoms with Crippen LogP contribution in [0.3, 0.4) is 0 Å². The van der Waals surface area contributed by atoms with E-state index in [1.54, 1.807) is 6.92 Å². The number of ether oxygens (including phenoxy) is 2. The molecule has 0 saturated carbocycles. The molecule has 4 nitrogen and oxygen atoms in total. The third-order valence-corrected chi connectivity index (χ3v) is 2.70. The number of esters is 1. The van der Waals surface area contributed by atoms with Crippen LogP contribution in [0, 0.1) is 0 Å². The molecule has 0 spiro atoms. The maximum absolute atomic E-state index is 12.2. The average Bonchev–Trinajstić information content (AvgIpc) is 2.64. The van der Waals surface area contributed by atoms with Gasteiger partial charge in [-0.15, -0.1) is 0 Å². The summed E-state index contributed by atoms with van der Waals surface area (Å²) in [7, 11) is 0. The van der Waals surface area contributed by atoms with Gasteiger partial charge in [-0.25, -0.2) is 0 Å². The molecule has 106 valence electrons. The molecule has 1 saturated heterocycles. The molecule has 1 rings (SSSR count). The number of alkyl halides is 3. The first-order valence-corrected chi connectivity index (χ1v) is 5.95. The van der Waals surface area contributed by atoms with E-state index in [1.165, 1.54) is 0 Å². The SMILES string of the molecule is CCOC(=O)C(NCC(F)(F)F)C1CCC(C)O1. The summed E-state index contributed by atoms with van der Waals surface area (Å²) in [6, 6.07) is -1.06. The van der Waals surface area contributed by atoms with Crippen LogP contribution in [0.1, 0.15) is 26.7 Å². The van der Waals surface area contributed by atoms with Gasteiger partial charge in [0.15, 0.2) is 0 Å². The van der Waals surface area contributed by atoms with Crippen molar-refractivity contribution in [1.82, 2.24) is 5.32 Å². The summed E-state index contributed by atoms with van der Waals surface area (Å²) in [4.78, 5) is 11.6. The molecular weight excluding hydrogens is 251 g/mol. The summed E-state index contributed by atoms with van der Waals surface area (Å²) in [6.07, 6.45) is -3.68.